The molecule has 156 valence electrons. The second kappa shape index (κ2) is 8.07. The Kier molecular flexibility index (Phi) is 5.12. The molecule has 1 N–H and O–H groups in total. The van der Waals surface area contributed by atoms with Crippen molar-refractivity contribution in [2.75, 3.05) is 19.8 Å². The molecule has 1 aliphatic heterocycles. The third kappa shape index (κ3) is 4.16. The number of carbonyl (C=O) groups excluding carboxylic acids is 1. The molecule has 1 aliphatic carbocycles. The van der Waals surface area contributed by atoms with Gasteiger partial charge in [-0.25, -0.2) is 4.98 Å². The van der Waals surface area contributed by atoms with Gasteiger partial charge in [0.1, 0.15) is 5.75 Å². The Bertz CT molecular complexity index is 1050. The zero-order valence-corrected chi connectivity index (χ0v) is 17.1. The van der Waals surface area contributed by atoms with Crippen LogP contribution >= 0.6 is 0 Å². The molecule has 7 heteroatoms. The molecule has 7 nitrogen and oxygen atoms in total. The van der Waals surface area contributed by atoms with Crippen LogP contribution in [0, 0.1) is 0 Å². The van der Waals surface area contributed by atoms with E-state index in [1.54, 1.807) is 0 Å². The molecule has 1 amide bonds. The molecule has 1 atom stereocenters. The van der Waals surface area contributed by atoms with Crippen molar-refractivity contribution in [3.8, 4) is 17.0 Å². The molecule has 2 aromatic heterocycles. The fourth-order valence-electron chi connectivity index (χ4n) is 3.97. The highest BCUT2D eigenvalue weighted by Gasteiger charge is 2.27. The van der Waals surface area contributed by atoms with Gasteiger partial charge in [0.15, 0.2) is 12.3 Å². The number of hydrogen-bond acceptors (Lipinski definition) is 5. The first-order valence-electron chi connectivity index (χ1n) is 10.6. The number of carbonyl (C=O) groups is 1. The third-order valence-corrected chi connectivity index (χ3v) is 5.73. The van der Waals surface area contributed by atoms with Gasteiger partial charge in [-0.05, 0) is 67.5 Å². The van der Waals surface area contributed by atoms with Crippen molar-refractivity contribution in [1.82, 2.24) is 20.1 Å². The van der Waals surface area contributed by atoms with Crippen LogP contribution in [0.3, 0.4) is 0 Å². The van der Waals surface area contributed by atoms with Gasteiger partial charge in [0, 0.05) is 37.3 Å². The highest BCUT2D eigenvalue weighted by molar-refractivity contribution is 5.83. The van der Waals surface area contributed by atoms with Gasteiger partial charge in [-0.2, -0.15) is 5.10 Å². The highest BCUT2D eigenvalue weighted by Crippen LogP contribution is 2.43. The maximum absolute atomic E-state index is 12.0. The van der Waals surface area contributed by atoms with E-state index in [1.807, 2.05) is 36.0 Å². The van der Waals surface area contributed by atoms with Crippen LogP contribution < -0.4 is 10.1 Å². The number of amides is 1. The van der Waals surface area contributed by atoms with Crippen LogP contribution in [0.25, 0.3) is 22.3 Å². The Morgan fingerprint density at radius 1 is 1.27 bits per heavy atom. The van der Waals surface area contributed by atoms with E-state index in [4.69, 9.17) is 14.5 Å². The van der Waals surface area contributed by atoms with Gasteiger partial charge in [0.25, 0.3) is 5.91 Å². The molecule has 0 radical (unpaired) electrons. The molecule has 2 aliphatic rings. The van der Waals surface area contributed by atoms with Gasteiger partial charge < -0.3 is 14.8 Å². The van der Waals surface area contributed by atoms with E-state index in [-0.39, 0.29) is 18.6 Å². The van der Waals surface area contributed by atoms with Gasteiger partial charge in [0.05, 0.1) is 11.8 Å². The van der Waals surface area contributed by atoms with Gasteiger partial charge in [0.2, 0.25) is 0 Å². The number of hydrogen-bond donors (Lipinski definition) is 1. The number of aryl methyl sites for hydroxylation is 1. The number of pyridine rings is 1. The largest absolute Gasteiger partial charge is 0.484 e. The molecule has 0 spiro atoms. The Hall–Kier alpha value is -2.93. The highest BCUT2D eigenvalue weighted by atomic mass is 16.5. The van der Waals surface area contributed by atoms with Crippen LogP contribution in [0.2, 0.25) is 0 Å². The molecule has 0 bridgehead atoms. The van der Waals surface area contributed by atoms with E-state index in [0.29, 0.717) is 18.2 Å². The van der Waals surface area contributed by atoms with Crippen molar-refractivity contribution in [2.45, 2.75) is 37.7 Å². The Morgan fingerprint density at radius 2 is 2.10 bits per heavy atom. The molecular weight excluding hydrogens is 380 g/mol. The van der Waals surface area contributed by atoms with Crippen LogP contribution in [0.1, 0.15) is 37.2 Å². The zero-order valence-electron chi connectivity index (χ0n) is 17.1. The lowest BCUT2D eigenvalue weighted by Crippen LogP contribution is -2.35. The molecule has 3 heterocycles. The van der Waals surface area contributed by atoms with E-state index < -0.39 is 0 Å². The lowest BCUT2D eigenvalue weighted by atomic mass is 10.0. The minimum atomic E-state index is -0.133. The van der Waals surface area contributed by atoms with Crippen molar-refractivity contribution < 1.29 is 14.3 Å². The standard InChI is InChI=1S/C23H26N4O3/c1-27-13-20-19(15-4-5-15)11-21(25-23(20)26-27)16-6-8-17(9-7-16)30-14-22(28)24-12-18-3-2-10-29-18/h6-9,11,13,15,18H,2-5,10,12,14H2,1H3,(H,24,28). The molecule has 30 heavy (non-hydrogen) atoms. The SMILES string of the molecule is Cn1cc2c(C3CC3)cc(-c3ccc(OCC(=O)NCC4CCCO4)cc3)nc2n1. The summed E-state index contributed by atoms with van der Waals surface area (Å²) in [5.74, 6) is 1.15. The van der Waals surface area contributed by atoms with Crippen LogP contribution in [0.15, 0.2) is 36.5 Å². The average molecular weight is 406 g/mol. The van der Waals surface area contributed by atoms with Crippen LogP contribution in [-0.2, 0) is 16.6 Å². The number of nitrogens with zero attached hydrogens (tertiary/aromatic N) is 3. The topological polar surface area (TPSA) is 78.3 Å². The van der Waals surface area contributed by atoms with Crippen LogP contribution in [0.4, 0.5) is 0 Å². The lowest BCUT2D eigenvalue weighted by molar-refractivity contribution is -0.123. The van der Waals surface area contributed by atoms with E-state index >= 15 is 0 Å². The van der Waals surface area contributed by atoms with Crippen molar-refractivity contribution in [3.05, 3.63) is 42.1 Å². The maximum Gasteiger partial charge on any atom is 0.258 e. The summed E-state index contributed by atoms with van der Waals surface area (Å²) >= 11 is 0. The maximum atomic E-state index is 12.0. The Morgan fingerprint density at radius 3 is 2.83 bits per heavy atom. The minimum Gasteiger partial charge on any atom is -0.484 e. The summed E-state index contributed by atoms with van der Waals surface area (Å²) in [5.41, 5.74) is 4.06. The van der Waals surface area contributed by atoms with Gasteiger partial charge in [-0.15, -0.1) is 0 Å². The summed E-state index contributed by atoms with van der Waals surface area (Å²) in [6.07, 6.45) is 6.72. The smallest absolute Gasteiger partial charge is 0.258 e. The number of fused-ring (bicyclic) bond motifs is 1. The van der Waals surface area contributed by atoms with Crippen LogP contribution in [-0.4, -0.2) is 46.5 Å². The monoisotopic (exact) mass is 406 g/mol. The summed E-state index contributed by atoms with van der Waals surface area (Å²) < 4.78 is 13.0. The first-order valence-corrected chi connectivity index (χ1v) is 10.6. The Labute approximate surface area is 175 Å². The fourth-order valence-corrected chi connectivity index (χ4v) is 3.97. The first kappa shape index (κ1) is 19.1. The lowest BCUT2D eigenvalue weighted by Gasteiger charge is -2.11. The van der Waals surface area contributed by atoms with Crippen LogP contribution in [0.5, 0.6) is 5.75 Å². The van der Waals surface area contributed by atoms with Gasteiger partial charge in [-0.1, -0.05) is 0 Å². The van der Waals surface area contributed by atoms with Crippen molar-refractivity contribution in [3.63, 3.8) is 0 Å². The summed E-state index contributed by atoms with van der Waals surface area (Å²) in [7, 11) is 1.93. The predicted octanol–water partition coefficient (Wildman–Crippen LogP) is 3.19. The third-order valence-electron chi connectivity index (χ3n) is 5.73. The zero-order chi connectivity index (χ0) is 20.5. The second-order valence-electron chi connectivity index (χ2n) is 8.16. The summed E-state index contributed by atoms with van der Waals surface area (Å²) in [4.78, 5) is 16.7. The number of ether oxygens (including phenoxy) is 2. The Balaban J connectivity index is 1.24. The first-order chi connectivity index (χ1) is 14.7. The van der Waals surface area contributed by atoms with Gasteiger partial charge >= 0.3 is 0 Å². The van der Waals surface area contributed by atoms with Crippen molar-refractivity contribution in [2.24, 2.45) is 7.05 Å². The molecule has 1 aromatic carbocycles. The van der Waals surface area contributed by atoms with Crippen molar-refractivity contribution >= 4 is 16.9 Å². The quantitative estimate of drug-likeness (QED) is 0.652. The average Bonchev–Trinajstić information content (AvgIpc) is 3.32. The molecule has 2 fully saturated rings. The predicted molar refractivity (Wildman–Crippen MR) is 113 cm³/mol. The number of aromatic nitrogens is 3. The normalized spacial score (nSPS) is 18.6. The molecule has 5 rings (SSSR count). The second-order valence-corrected chi connectivity index (χ2v) is 8.16. The molecule has 1 saturated carbocycles. The summed E-state index contributed by atoms with van der Waals surface area (Å²) in [6.45, 7) is 1.33. The van der Waals surface area contributed by atoms with E-state index in [1.165, 1.54) is 18.4 Å². The summed E-state index contributed by atoms with van der Waals surface area (Å²) in [5, 5.41) is 8.53. The van der Waals surface area contributed by atoms with E-state index in [9.17, 15) is 4.79 Å². The van der Waals surface area contributed by atoms with E-state index in [0.717, 1.165) is 41.7 Å². The van der Waals surface area contributed by atoms with Crippen molar-refractivity contribution in [1.29, 1.82) is 0 Å². The van der Waals surface area contributed by atoms with E-state index in [2.05, 4.69) is 22.7 Å². The number of benzene rings is 1. The number of rotatable bonds is 7. The molecule has 1 saturated heterocycles. The van der Waals surface area contributed by atoms with Gasteiger partial charge in [-0.3, -0.25) is 9.48 Å². The molecule has 3 aromatic rings. The molecule has 1 unspecified atom stereocenters. The molecular formula is C23H26N4O3. The summed E-state index contributed by atoms with van der Waals surface area (Å²) in [6, 6.07) is 9.91. The number of nitrogens with one attached hydrogen (secondary N) is 1. The minimum absolute atomic E-state index is 0.00393. The fraction of sp³-hybridized carbons (Fsp3) is 0.435.